The van der Waals surface area contributed by atoms with E-state index in [9.17, 15) is 14.4 Å². The predicted octanol–water partition coefficient (Wildman–Crippen LogP) is 2.79. The molecule has 136 valence electrons. The van der Waals surface area contributed by atoms with Gasteiger partial charge in [-0.2, -0.15) is 5.26 Å². The highest BCUT2D eigenvalue weighted by Crippen LogP contribution is 2.36. The van der Waals surface area contributed by atoms with E-state index < -0.39 is 18.5 Å². The number of carbonyl (C=O) groups is 3. The SMILES string of the molecule is CC1Sc2ccc(C(=O)OCC(=O)Nc3cccc(C#N)c3)cc2NC1=O. The van der Waals surface area contributed by atoms with E-state index in [1.54, 1.807) is 37.3 Å². The standard InChI is InChI=1S/C19H15N3O4S/c1-11-18(24)22-15-8-13(5-6-16(15)27-11)19(25)26-10-17(23)21-14-4-2-3-12(7-14)9-20/h2-8,11H,10H2,1H3,(H,21,23)(H,22,24). The number of amides is 2. The van der Waals surface area contributed by atoms with Crippen molar-refractivity contribution < 1.29 is 19.1 Å². The molecule has 0 radical (unpaired) electrons. The van der Waals surface area contributed by atoms with Crippen LogP contribution in [0.2, 0.25) is 0 Å². The summed E-state index contributed by atoms with van der Waals surface area (Å²) in [6, 6.07) is 13.2. The van der Waals surface area contributed by atoms with Crippen molar-refractivity contribution in [3.63, 3.8) is 0 Å². The van der Waals surface area contributed by atoms with Crippen LogP contribution in [0.3, 0.4) is 0 Å². The third-order valence-electron chi connectivity index (χ3n) is 3.76. The van der Waals surface area contributed by atoms with Crippen molar-refractivity contribution in [3.05, 3.63) is 53.6 Å². The van der Waals surface area contributed by atoms with Crippen LogP contribution < -0.4 is 10.6 Å². The van der Waals surface area contributed by atoms with Crippen LogP contribution in [0.5, 0.6) is 0 Å². The smallest absolute Gasteiger partial charge is 0.338 e. The summed E-state index contributed by atoms with van der Waals surface area (Å²) >= 11 is 1.41. The highest BCUT2D eigenvalue weighted by molar-refractivity contribution is 8.00. The molecule has 0 aromatic heterocycles. The second-order valence-corrected chi connectivity index (χ2v) is 7.16. The summed E-state index contributed by atoms with van der Waals surface area (Å²) in [6.45, 7) is 1.33. The van der Waals surface area contributed by atoms with Crippen molar-refractivity contribution in [2.45, 2.75) is 17.1 Å². The predicted molar refractivity (Wildman–Crippen MR) is 100 cm³/mol. The van der Waals surface area contributed by atoms with Gasteiger partial charge in [-0.1, -0.05) is 6.07 Å². The van der Waals surface area contributed by atoms with Crippen LogP contribution >= 0.6 is 11.8 Å². The van der Waals surface area contributed by atoms with Crippen molar-refractivity contribution in [1.82, 2.24) is 0 Å². The number of rotatable bonds is 4. The van der Waals surface area contributed by atoms with Crippen LogP contribution in [-0.4, -0.2) is 29.6 Å². The van der Waals surface area contributed by atoms with Crippen LogP contribution in [-0.2, 0) is 14.3 Å². The number of fused-ring (bicyclic) bond motifs is 1. The second-order valence-electron chi connectivity index (χ2n) is 5.78. The van der Waals surface area contributed by atoms with Gasteiger partial charge >= 0.3 is 5.97 Å². The number of nitrogens with zero attached hydrogens (tertiary/aromatic N) is 1. The first-order valence-electron chi connectivity index (χ1n) is 8.05. The number of anilines is 2. The Morgan fingerprint density at radius 1 is 1.30 bits per heavy atom. The second kappa shape index (κ2) is 7.93. The highest BCUT2D eigenvalue weighted by atomic mass is 32.2. The average Bonchev–Trinajstić information content (AvgIpc) is 2.66. The lowest BCUT2D eigenvalue weighted by Gasteiger charge is -2.21. The zero-order chi connectivity index (χ0) is 19.4. The first-order chi connectivity index (χ1) is 13.0. The fourth-order valence-electron chi connectivity index (χ4n) is 2.41. The Hall–Kier alpha value is -3.31. The summed E-state index contributed by atoms with van der Waals surface area (Å²) in [5, 5.41) is 14.0. The summed E-state index contributed by atoms with van der Waals surface area (Å²) in [5.41, 5.74) is 1.64. The summed E-state index contributed by atoms with van der Waals surface area (Å²) < 4.78 is 5.02. The summed E-state index contributed by atoms with van der Waals surface area (Å²) in [4.78, 5) is 36.7. The van der Waals surface area contributed by atoms with Gasteiger partial charge < -0.3 is 15.4 Å². The normalized spacial score (nSPS) is 15.1. The van der Waals surface area contributed by atoms with Gasteiger partial charge in [0.25, 0.3) is 5.91 Å². The largest absolute Gasteiger partial charge is 0.452 e. The summed E-state index contributed by atoms with van der Waals surface area (Å²) in [5.74, 6) is -1.32. The Balaban J connectivity index is 1.59. The number of hydrogen-bond donors (Lipinski definition) is 2. The molecule has 0 bridgehead atoms. The van der Waals surface area contributed by atoms with Crippen molar-refractivity contribution in [1.29, 1.82) is 5.26 Å². The molecule has 1 heterocycles. The molecule has 2 amide bonds. The summed E-state index contributed by atoms with van der Waals surface area (Å²) in [6.07, 6.45) is 0. The molecule has 1 aliphatic rings. The van der Waals surface area contributed by atoms with Crippen LogP contribution in [0.15, 0.2) is 47.4 Å². The molecule has 8 heteroatoms. The number of hydrogen-bond acceptors (Lipinski definition) is 6. The number of thioether (sulfide) groups is 1. The molecule has 3 rings (SSSR count). The van der Waals surface area contributed by atoms with E-state index in [2.05, 4.69) is 10.6 Å². The van der Waals surface area contributed by atoms with Gasteiger partial charge in [0.05, 0.1) is 28.1 Å². The third kappa shape index (κ3) is 4.46. The van der Waals surface area contributed by atoms with E-state index in [4.69, 9.17) is 10.00 Å². The van der Waals surface area contributed by atoms with E-state index in [0.29, 0.717) is 16.9 Å². The fourth-order valence-corrected chi connectivity index (χ4v) is 3.34. The van der Waals surface area contributed by atoms with Gasteiger partial charge in [0.15, 0.2) is 6.61 Å². The monoisotopic (exact) mass is 381 g/mol. The van der Waals surface area contributed by atoms with Crippen molar-refractivity contribution in [3.8, 4) is 6.07 Å². The minimum absolute atomic E-state index is 0.128. The topological polar surface area (TPSA) is 108 Å². The van der Waals surface area contributed by atoms with E-state index in [1.165, 1.54) is 23.9 Å². The lowest BCUT2D eigenvalue weighted by Crippen LogP contribution is -2.26. The molecule has 2 N–H and O–H groups in total. The lowest BCUT2D eigenvalue weighted by atomic mass is 10.2. The molecule has 0 aliphatic carbocycles. The molecule has 2 aromatic carbocycles. The third-order valence-corrected chi connectivity index (χ3v) is 4.93. The molecule has 1 atom stereocenters. The maximum atomic E-state index is 12.2. The Morgan fingerprint density at radius 3 is 2.89 bits per heavy atom. The van der Waals surface area contributed by atoms with E-state index in [0.717, 1.165) is 4.90 Å². The molecular formula is C19H15N3O4S. The molecule has 0 fully saturated rings. The first kappa shape index (κ1) is 18.5. The Labute approximate surface area is 159 Å². The van der Waals surface area contributed by atoms with Gasteiger partial charge in [-0.25, -0.2) is 4.79 Å². The quantitative estimate of drug-likeness (QED) is 0.789. The van der Waals surface area contributed by atoms with Crippen LogP contribution in [0.25, 0.3) is 0 Å². The molecule has 7 nitrogen and oxygen atoms in total. The number of benzene rings is 2. The molecule has 1 aliphatic heterocycles. The zero-order valence-corrected chi connectivity index (χ0v) is 15.1. The summed E-state index contributed by atoms with van der Waals surface area (Å²) in [7, 11) is 0. The molecule has 0 spiro atoms. The molecule has 0 saturated carbocycles. The van der Waals surface area contributed by atoms with Crippen LogP contribution in [0, 0.1) is 11.3 Å². The molecule has 27 heavy (non-hydrogen) atoms. The van der Waals surface area contributed by atoms with Gasteiger partial charge in [-0.3, -0.25) is 9.59 Å². The maximum Gasteiger partial charge on any atom is 0.338 e. The Bertz CT molecular complexity index is 968. The zero-order valence-electron chi connectivity index (χ0n) is 14.3. The van der Waals surface area contributed by atoms with Crippen molar-refractivity contribution in [2.24, 2.45) is 0 Å². The minimum atomic E-state index is -0.670. The van der Waals surface area contributed by atoms with Crippen LogP contribution in [0.1, 0.15) is 22.8 Å². The fraction of sp³-hybridized carbons (Fsp3) is 0.158. The molecule has 2 aromatic rings. The maximum absolute atomic E-state index is 12.2. The first-order valence-corrected chi connectivity index (χ1v) is 8.93. The minimum Gasteiger partial charge on any atom is -0.452 e. The van der Waals surface area contributed by atoms with Crippen molar-refractivity contribution >= 4 is 40.9 Å². The average molecular weight is 381 g/mol. The van der Waals surface area contributed by atoms with Crippen molar-refractivity contribution in [2.75, 3.05) is 17.2 Å². The highest BCUT2D eigenvalue weighted by Gasteiger charge is 2.24. The van der Waals surface area contributed by atoms with Gasteiger partial charge in [-0.15, -0.1) is 11.8 Å². The van der Waals surface area contributed by atoms with Gasteiger partial charge in [0.2, 0.25) is 5.91 Å². The number of esters is 1. The van der Waals surface area contributed by atoms with E-state index >= 15 is 0 Å². The Kier molecular flexibility index (Phi) is 5.43. The van der Waals surface area contributed by atoms with Crippen LogP contribution in [0.4, 0.5) is 11.4 Å². The number of carbonyl (C=O) groups excluding carboxylic acids is 3. The van der Waals surface area contributed by atoms with Gasteiger partial charge in [0, 0.05) is 10.6 Å². The molecule has 0 saturated heterocycles. The van der Waals surface area contributed by atoms with E-state index in [1.807, 2.05) is 6.07 Å². The molecule has 1 unspecified atom stereocenters. The Morgan fingerprint density at radius 2 is 2.11 bits per heavy atom. The van der Waals surface area contributed by atoms with E-state index in [-0.39, 0.29) is 16.7 Å². The molecular weight excluding hydrogens is 366 g/mol. The number of nitriles is 1. The number of nitrogens with one attached hydrogen (secondary N) is 2. The van der Waals surface area contributed by atoms with Gasteiger partial charge in [-0.05, 0) is 43.3 Å². The lowest BCUT2D eigenvalue weighted by molar-refractivity contribution is -0.119. The van der Waals surface area contributed by atoms with Gasteiger partial charge in [0.1, 0.15) is 0 Å². The number of ether oxygens (including phenoxy) is 1.